The maximum atomic E-state index is 13.8. The van der Waals surface area contributed by atoms with Gasteiger partial charge in [-0.25, -0.2) is 4.39 Å². The number of aryl methyl sites for hydroxylation is 2. The Balaban J connectivity index is 1.97. The molecule has 0 saturated heterocycles. The zero-order valence-corrected chi connectivity index (χ0v) is 15.0. The molecule has 0 aliphatic rings. The third-order valence-electron chi connectivity index (χ3n) is 4.57. The van der Waals surface area contributed by atoms with Crippen molar-refractivity contribution < 1.29 is 9.18 Å². The molecular weight excluding hydrogens is 325 g/mol. The summed E-state index contributed by atoms with van der Waals surface area (Å²) in [6.45, 7) is 4.00. The number of carbonyl (C=O) groups is 1. The predicted octanol–water partition coefficient (Wildman–Crippen LogP) is 5.22. The summed E-state index contributed by atoms with van der Waals surface area (Å²) < 4.78 is 13.8. The normalized spacial score (nSPS) is 11.8. The number of benzene rings is 3. The molecule has 2 nitrogen and oxygen atoms in total. The van der Waals surface area contributed by atoms with Crippen molar-refractivity contribution in [3.63, 3.8) is 0 Å². The minimum atomic E-state index is -0.413. The smallest absolute Gasteiger partial charge is 0.252 e. The Hall–Kier alpha value is -2.94. The molecule has 3 rings (SSSR count). The van der Waals surface area contributed by atoms with Gasteiger partial charge in [-0.1, -0.05) is 61.5 Å². The monoisotopic (exact) mass is 347 g/mol. The molecule has 1 N–H and O–H groups in total. The Labute approximate surface area is 153 Å². The molecular formula is C23H22FNO. The fourth-order valence-corrected chi connectivity index (χ4v) is 3.03. The third-order valence-corrected chi connectivity index (χ3v) is 4.57. The second-order valence-corrected chi connectivity index (χ2v) is 6.37. The van der Waals surface area contributed by atoms with Gasteiger partial charge < -0.3 is 5.32 Å². The van der Waals surface area contributed by atoms with Gasteiger partial charge >= 0.3 is 0 Å². The van der Waals surface area contributed by atoms with E-state index in [9.17, 15) is 9.18 Å². The average molecular weight is 347 g/mol. The Morgan fingerprint density at radius 3 is 2.35 bits per heavy atom. The highest BCUT2D eigenvalue weighted by molar-refractivity contribution is 5.96. The van der Waals surface area contributed by atoms with Gasteiger partial charge in [-0.3, -0.25) is 4.79 Å². The molecule has 0 heterocycles. The average Bonchev–Trinajstić information content (AvgIpc) is 2.66. The van der Waals surface area contributed by atoms with Crippen molar-refractivity contribution >= 4 is 5.91 Å². The van der Waals surface area contributed by atoms with Crippen molar-refractivity contribution in [3.05, 3.63) is 106 Å². The number of hydrogen-bond acceptors (Lipinski definition) is 1. The van der Waals surface area contributed by atoms with Gasteiger partial charge in [0.15, 0.2) is 0 Å². The lowest BCUT2D eigenvalue weighted by atomic mass is 9.96. The maximum absolute atomic E-state index is 13.8. The molecule has 1 atom stereocenters. The van der Waals surface area contributed by atoms with Crippen LogP contribution in [-0.2, 0) is 6.42 Å². The predicted molar refractivity (Wildman–Crippen MR) is 103 cm³/mol. The minimum absolute atomic E-state index is 0.170. The van der Waals surface area contributed by atoms with E-state index in [1.54, 1.807) is 12.1 Å². The zero-order chi connectivity index (χ0) is 18.5. The van der Waals surface area contributed by atoms with Crippen LogP contribution < -0.4 is 5.32 Å². The first-order valence-corrected chi connectivity index (χ1v) is 8.79. The molecule has 0 spiro atoms. The number of carbonyl (C=O) groups excluding carboxylic acids is 1. The maximum Gasteiger partial charge on any atom is 0.252 e. The molecule has 1 amide bonds. The van der Waals surface area contributed by atoms with Crippen LogP contribution in [-0.4, -0.2) is 5.91 Å². The van der Waals surface area contributed by atoms with Crippen LogP contribution in [0.25, 0.3) is 0 Å². The number of hydrogen-bond donors (Lipinski definition) is 1. The summed E-state index contributed by atoms with van der Waals surface area (Å²) in [6, 6.07) is 21.5. The highest BCUT2D eigenvalue weighted by Crippen LogP contribution is 2.24. The summed E-state index contributed by atoms with van der Waals surface area (Å²) in [5, 5.41) is 3.07. The van der Waals surface area contributed by atoms with E-state index >= 15 is 0 Å². The molecule has 0 fully saturated rings. The van der Waals surface area contributed by atoms with Gasteiger partial charge in [0.1, 0.15) is 5.82 Å². The molecule has 26 heavy (non-hydrogen) atoms. The fourth-order valence-electron chi connectivity index (χ4n) is 3.03. The van der Waals surface area contributed by atoms with E-state index in [-0.39, 0.29) is 11.7 Å². The molecule has 0 unspecified atom stereocenters. The van der Waals surface area contributed by atoms with E-state index in [1.165, 1.54) is 17.7 Å². The van der Waals surface area contributed by atoms with Crippen molar-refractivity contribution in [2.75, 3.05) is 0 Å². The van der Waals surface area contributed by atoms with Crippen molar-refractivity contribution in [2.45, 2.75) is 26.3 Å². The van der Waals surface area contributed by atoms with E-state index in [1.807, 2.05) is 55.5 Å². The van der Waals surface area contributed by atoms with E-state index in [2.05, 4.69) is 12.2 Å². The summed E-state index contributed by atoms with van der Waals surface area (Å²) in [6.07, 6.45) is 0.945. The quantitative estimate of drug-likeness (QED) is 0.674. The van der Waals surface area contributed by atoms with Crippen LogP contribution in [0.1, 0.15) is 45.6 Å². The molecule has 0 radical (unpaired) electrons. The molecule has 132 valence electrons. The number of nitrogens with one attached hydrogen (secondary N) is 1. The summed E-state index contributed by atoms with van der Waals surface area (Å²) in [5.41, 5.74) is 4.39. The van der Waals surface area contributed by atoms with Gasteiger partial charge in [-0.05, 0) is 53.8 Å². The van der Waals surface area contributed by atoms with Crippen molar-refractivity contribution in [2.24, 2.45) is 0 Å². The first kappa shape index (κ1) is 17.9. The second-order valence-electron chi connectivity index (χ2n) is 6.37. The van der Waals surface area contributed by atoms with Crippen molar-refractivity contribution in [1.82, 2.24) is 5.32 Å². The largest absolute Gasteiger partial charge is 0.341 e. The van der Waals surface area contributed by atoms with E-state index in [0.717, 1.165) is 23.1 Å². The Kier molecular flexibility index (Phi) is 5.47. The lowest BCUT2D eigenvalue weighted by Gasteiger charge is -2.21. The Morgan fingerprint density at radius 1 is 0.962 bits per heavy atom. The SMILES string of the molecule is CCc1ccc([C@H](NC(=O)c2ccccc2C)c2cccc(F)c2)cc1. The molecule has 3 heteroatoms. The number of rotatable bonds is 5. The van der Waals surface area contributed by atoms with Crippen molar-refractivity contribution in [3.8, 4) is 0 Å². The molecule has 0 aromatic heterocycles. The van der Waals surface area contributed by atoms with E-state index in [4.69, 9.17) is 0 Å². The number of amides is 1. The van der Waals surface area contributed by atoms with Crippen LogP contribution in [0.2, 0.25) is 0 Å². The fraction of sp³-hybridized carbons (Fsp3) is 0.174. The standard InChI is InChI=1S/C23H22FNO/c1-3-17-11-13-18(14-12-17)22(19-8-6-9-20(24)15-19)25-23(26)21-10-5-4-7-16(21)2/h4-15,22H,3H2,1-2H3,(H,25,26)/t22-/m0/s1. The lowest BCUT2D eigenvalue weighted by Crippen LogP contribution is -2.30. The van der Waals surface area contributed by atoms with Crippen LogP contribution >= 0.6 is 0 Å². The molecule has 3 aromatic rings. The number of halogens is 1. The van der Waals surface area contributed by atoms with Crippen LogP contribution in [0, 0.1) is 12.7 Å². The summed E-state index contributed by atoms with van der Waals surface area (Å²) in [5.74, 6) is -0.486. The van der Waals surface area contributed by atoms with Gasteiger partial charge in [0, 0.05) is 5.56 Å². The first-order valence-electron chi connectivity index (χ1n) is 8.79. The minimum Gasteiger partial charge on any atom is -0.341 e. The van der Waals surface area contributed by atoms with Gasteiger partial charge in [0.2, 0.25) is 0 Å². The molecule has 0 bridgehead atoms. The van der Waals surface area contributed by atoms with E-state index < -0.39 is 6.04 Å². The van der Waals surface area contributed by atoms with Gasteiger partial charge in [0.25, 0.3) is 5.91 Å². The summed E-state index contributed by atoms with van der Waals surface area (Å²) in [7, 11) is 0. The summed E-state index contributed by atoms with van der Waals surface area (Å²) in [4.78, 5) is 12.8. The van der Waals surface area contributed by atoms with Crippen LogP contribution in [0.15, 0.2) is 72.8 Å². The van der Waals surface area contributed by atoms with E-state index in [0.29, 0.717) is 5.56 Å². The highest BCUT2D eigenvalue weighted by atomic mass is 19.1. The third kappa shape index (κ3) is 3.99. The summed E-state index contributed by atoms with van der Waals surface area (Å²) >= 11 is 0. The Morgan fingerprint density at radius 2 is 1.69 bits per heavy atom. The highest BCUT2D eigenvalue weighted by Gasteiger charge is 2.19. The lowest BCUT2D eigenvalue weighted by molar-refractivity contribution is 0.0942. The van der Waals surface area contributed by atoms with Gasteiger partial charge in [-0.15, -0.1) is 0 Å². The molecule has 0 aliphatic carbocycles. The first-order chi connectivity index (χ1) is 12.6. The Bertz CT molecular complexity index is 902. The zero-order valence-electron chi connectivity index (χ0n) is 15.0. The van der Waals surface area contributed by atoms with Crippen LogP contribution in [0.5, 0.6) is 0 Å². The van der Waals surface area contributed by atoms with Crippen molar-refractivity contribution in [1.29, 1.82) is 0 Å². The van der Waals surface area contributed by atoms with Crippen LogP contribution in [0.4, 0.5) is 4.39 Å². The van der Waals surface area contributed by atoms with Crippen LogP contribution in [0.3, 0.4) is 0 Å². The molecule has 3 aromatic carbocycles. The van der Waals surface area contributed by atoms with Gasteiger partial charge in [-0.2, -0.15) is 0 Å². The topological polar surface area (TPSA) is 29.1 Å². The molecule has 0 saturated carbocycles. The molecule has 0 aliphatic heterocycles. The second kappa shape index (κ2) is 7.96. The van der Waals surface area contributed by atoms with Gasteiger partial charge in [0.05, 0.1) is 6.04 Å².